The molecule has 0 bridgehead atoms. The van der Waals surface area contributed by atoms with Crippen molar-refractivity contribution in [1.82, 2.24) is 4.90 Å². The summed E-state index contributed by atoms with van der Waals surface area (Å²) in [6, 6.07) is 0. The predicted molar refractivity (Wildman–Crippen MR) is 67.9 cm³/mol. The van der Waals surface area contributed by atoms with E-state index in [1.54, 1.807) is 6.92 Å². The maximum atomic E-state index is 12.0. The predicted octanol–water partition coefficient (Wildman–Crippen LogP) is 3.45. The number of amidine groups is 1. The molecule has 0 aliphatic heterocycles. The van der Waals surface area contributed by atoms with Gasteiger partial charge in [0.15, 0.2) is 0 Å². The molecule has 4 heteroatoms. The van der Waals surface area contributed by atoms with Gasteiger partial charge in [0.1, 0.15) is 11.4 Å². The lowest BCUT2D eigenvalue weighted by atomic mass is 10.1. The van der Waals surface area contributed by atoms with Crippen molar-refractivity contribution in [2.75, 3.05) is 0 Å². The molecule has 1 aliphatic carbocycles. The first-order valence-corrected chi connectivity index (χ1v) is 5.75. The van der Waals surface area contributed by atoms with Gasteiger partial charge in [0.2, 0.25) is 0 Å². The monoisotopic (exact) mass is 236 g/mol. The second-order valence-corrected chi connectivity index (χ2v) is 5.03. The number of carbonyl (C=O) groups excluding carboxylic acids is 1. The highest BCUT2D eigenvalue weighted by Gasteiger charge is 2.26. The van der Waals surface area contributed by atoms with Crippen molar-refractivity contribution >= 4 is 11.9 Å². The zero-order chi connectivity index (χ0) is 13.1. The molecule has 0 aromatic rings. The normalized spacial score (nSPS) is 15.2. The minimum absolute atomic E-state index is 0.181. The van der Waals surface area contributed by atoms with Crippen LogP contribution in [0.5, 0.6) is 0 Å². The van der Waals surface area contributed by atoms with E-state index in [0.717, 1.165) is 18.5 Å². The number of nitrogens with one attached hydrogen (secondary N) is 1. The van der Waals surface area contributed by atoms with Crippen LogP contribution in [-0.2, 0) is 4.74 Å². The summed E-state index contributed by atoms with van der Waals surface area (Å²) in [5, 5.41) is 7.69. The average molecular weight is 236 g/mol. The molecule has 1 N–H and O–H groups in total. The number of carbonyl (C=O) groups is 1. The third-order valence-corrected chi connectivity index (χ3v) is 2.19. The highest BCUT2D eigenvalue weighted by molar-refractivity contribution is 5.94. The molecule has 0 heterocycles. The zero-order valence-corrected chi connectivity index (χ0v) is 10.9. The van der Waals surface area contributed by atoms with Crippen LogP contribution in [0.25, 0.3) is 0 Å². The van der Waals surface area contributed by atoms with Gasteiger partial charge in [-0.15, -0.1) is 0 Å². The Balaban J connectivity index is 2.86. The van der Waals surface area contributed by atoms with Crippen LogP contribution in [0.15, 0.2) is 23.9 Å². The van der Waals surface area contributed by atoms with Gasteiger partial charge >= 0.3 is 6.09 Å². The van der Waals surface area contributed by atoms with E-state index in [1.165, 1.54) is 4.90 Å². The summed E-state index contributed by atoms with van der Waals surface area (Å²) in [5.74, 6) is 0.181. The summed E-state index contributed by atoms with van der Waals surface area (Å²) >= 11 is 0. The first-order chi connectivity index (χ1) is 7.81. The maximum Gasteiger partial charge on any atom is 0.420 e. The lowest BCUT2D eigenvalue weighted by Gasteiger charge is -2.28. The smallest absolute Gasteiger partial charge is 0.420 e. The van der Waals surface area contributed by atoms with Gasteiger partial charge in [-0.05, 0) is 46.6 Å². The molecule has 0 radical (unpaired) electrons. The first-order valence-electron chi connectivity index (χ1n) is 5.75. The highest BCUT2D eigenvalue weighted by atomic mass is 16.6. The fourth-order valence-electron chi connectivity index (χ4n) is 1.55. The van der Waals surface area contributed by atoms with Crippen molar-refractivity contribution in [2.45, 2.75) is 46.1 Å². The lowest BCUT2D eigenvalue weighted by molar-refractivity contribution is 0.0406. The van der Waals surface area contributed by atoms with Crippen molar-refractivity contribution in [3.05, 3.63) is 23.9 Å². The van der Waals surface area contributed by atoms with E-state index in [4.69, 9.17) is 10.1 Å². The van der Waals surface area contributed by atoms with E-state index < -0.39 is 11.7 Å². The minimum Gasteiger partial charge on any atom is -0.443 e. The molecule has 1 amide bonds. The molecule has 0 aromatic carbocycles. The van der Waals surface area contributed by atoms with Crippen LogP contribution in [0.3, 0.4) is 0 Å². The summed E-state index contributed by atoms with van der Waals surface area (Å²) in [7, 11) is 0. The number of ether oxygens (including phenoxy) is 1. The Kier molecular flexibility index (Phi) is 4.10. The number of amides is 1. The largest absolute Gasteiger partial charge is 0.443 e. The van der Waals surface area contributed by atoms with Crippen molar-refractivity contribution in [3.8, 4) is 0 Å². The molecule has 17 heavy (non-hydrogen) atoms. The van der Waals surface area contributed by atoms with E-state index >= 15 is 0 Å². The van der Waals surface area contributed by atoms with Crippen LogP contribution in [0.1, 0.15) is 40.5 Å². The van der Waals surface area contributed by atoms with Crippen LogP contribution in [0.2, 0.25) is 0 Å². The van der Waals surface area contributed by atoms with Gasteiger partial charge in [-0.1, -0.05) is 12.2 Å². The van der Waals surface area contributed by atoms with Gasteiger partial charge in [-0.3, -0.25) is 5.41 Å². The third kappa shape index (κ3) is 4.06. The van der Waals surface area contributed by atoms with E-state index in [9.17, 15) is 4.79 Å². The quantitative estimate of drug-likeness (QED) is 0.560. The number of rotatable bonds is 1. The molecule has 0 saturated carbocycles. The molecule has 0 unspecified atom stereocenters. The summed E-state index contributed by atoms with van der Waals surface area (Å²) in [4.78, 5) is 13.3. The average Bonchev–Trinajstić information content (AvgIpc) is 2.15. The summed E-state index contributed by atoms with van der Waals surface area (Å²) in [6.45, 7) is 7.04. The molecular weight excluding hydrogens is 216 g/mol. The molecule has 0 spiro atoms. The zero-order valence-electron chi connectivity index (χ0n) is 10.9. The topological polar surface area (TPSA) is 53.4 Å². The second-order valence-electron chi connectivity index (χ2n) is 5.03. The van der Waals surface area contributed by atoms with Crippen molar-refractivity contribution in [1.29, 1.82) is 5.41 Å². The van der Waals surface area contributed by atoms with E-state index in [2.05, 4.69) is 0 Å². The number of allylic oxidation sites excluding steroid dienone is 4. The van der Waals surface area contributed by atoms with Crippen LogP contribution in [-0.4, -0.2) is 22.4 Å². The Bertz CT molecular complexity index is 375. The number of nitrogens with zero attached hydrogens (tertiary/aromatic N) is 1. The van der Waals surface area contributed by atoms with Crippen LogP contribution >= 0.6 is 0 Å². The summed E-state index contributed by atoms with van der Waals surface area (Å²) in [5.41, 5.74) is 0.268. The lowest BCUT2D eigenvalue weighted by Crippen LogP contribution is -2.39. The molecule has 0 fully saturated rings. The first kappa shape index (κ1) is 13.5. The van der Waals surface area contributed by atoms with Gasteiger partial charge in [0, 0.05) is 5.70 Å². The number of hydrogen-bond donors (Lipinski definition) is 1. The minimum atomic E-state index is -0.546. The molecule has 1 aliphatic rings. The van der Waals surface area contributed by atoms with E-state index in [-0.39, 0.29) is 5.84 Å². The fraction of sp³-hybridized carbons (Fsp3) is 0.538. The molecule has 0 saturated heterocycles. The Morgan fingerprint density at radius 2 is 2.12 bits per heavy atom. The van der Waals surface area contributed by atoms with E-state index in [0.29, 0.717) is 0 Å². The Morgan fingerprint density at radius 1 is 1.47 bits per heavy atom. The van der Waals surface area contributed by atoms with Gasteiger partial charge in [0.05, 0.1) is 0 Å². The molecular formula is C13H20N2O2. The van der Waals surface area contributed by atoms with Crippen molar-refractivity contribution in [2.24, 2.45) is 0 Å². The molecule has 0 atom stereocenters. The Hall–Kier alpha value is -1.58. The standard InChI is InChI=1S/C13H20N2O2/c1-10(14)15(11-8-6-5-7-9-11)12(16)17-13(2,3)4/h5-6,8,14H,7,9H2,1-4H3. The highest BCUT2D eigenvalue weighted by Crippen LogP contribution is 2.20. The van der Waals surface area contributed by atoms with E-state index in [1.807, 2.05) is 39.0 Å². The molecule has 94 valence electrons. The van der Waals surface area contributed by atoms with Gasteiger partial charge in [-0.2, -0.15) is 0 Å². The number of hydrogen-bond acceptors (Lipinski definition) is 3. The van der Waals surface area contributed by atoms with Crippen LogP contribution < -0.4 is 0 Å². The third-order valence-electron chi connectivity index (χ3n) is 2.19. The Morgan fingerprint density at radius 3 is 2.53 bits per heavy atom. The summed E-state index contributed by atoms with van der Waals surface area (Å²) < 4.78 is 5.30. The van der Waals surface area contributed by atoms with Gasteiger partial charge in [0.25, 0.3) is 0 Å². The van der Waals surface area contributed by atoms with Gasteiger partial charge < -0.3 is 4.74 Å². The molecule has 4 nitrogen and oxygen atoms in total. The van der Waals surface area contributed by atoms with Crippen molar-refractivity contribution in [3.63, 3.8) is 0 Å². The fourth-order valence-corrected chi connectivity index (χ4v) is 1.55. The van der Waals surface area contributed by atoms with Crippen molar-refractivity contribution < 1.29 is 9.53 Å². The van der Waals surface area contributed by atoms with Crippen LogP contribution in [0, 0.1) is 5.41 Å². The maximum absolute atomic E-state index is 12.0. The Labute approximate surface area is 102 Å². The molecule has 0 aromatic heterocycles. The van der Waals surface area contributed by atoms with Gasteiger partial charge in [-0.25, -0.2) is 9.69 Å². The van der Waals surface area contributed by atoms with Crippen LogP contribution in [0.4, 0.5) is 4.79 Å². The second kappa shape index (κ2) is 5.17. The molecule has 1 rings (SSSR count). The SMILES string of the molecule is CC(=N)N(C(=O)OC(C)(C)C)C1=CC=CCC1. The summed E-state index contributed by atoms with van der Waals surface area (Å²) in [6.07, 6.45) is 6.96.